The van der Waals surface area contributed by atoms with Crippen molar-refractivity contribution in [1.82, 2.24) is 5.32 Å². The van der Waals surface area contributed by atoms with Crippen LogP contribution in [0.3, 0.4) is 0 Å². The van der Waals surface area contributed by atoms with Crippen molar-refractivity contribution in [2.45, 2.75) is 45.4 Å². The van der Waals surface area contributed by atoms with Gasteiger partial charge in [-0.1, -0.05) is 25.5 Å². The van der Waals surface area contributed by atoms with Crippen molar-refractivity contribution in [2.24, 2.45) is 0 Å². The Hall–Kier alpha value is -2.17. The lowest BCUT2D eigenvalue weighted by Crippen LogP contribution is -2.26. The zero-order valence-electron chi connectivity index (χ0n) is 13.8. The second-order valence-corrected chi connectivity index (χ2v) is 5.32. The van der Waals surface area contributed by atoms with Crippen molar-refractivity contribution in [3.8, 4) is 0 Å². The Kier molecular flexibility index (Phi) is 8.65. The largest absolute Gasteiger partial charge is 0.466 e. The molecule has 0 spiro atoms. The smallest absolute Gasteiger partial charge is 0.307 e. The fraction of sp³-hybridized carbons (Fsp3) is 0.500. The Morgan fingerprint density at radius 2 is 1.91 bits per heavy atom. The Bertz CT molecular complexity index is 510. The van der Waals surface area contributed by atoms with Gasteiger partial charge in [0, 0.05) is 18.5 Å². The predicted octanol–water partition coefficient (Wildman–Crippen LogP) is 2.84. The van der Waals surface area contributed by atoms with E-state index in [2.05, 4.69) is 12.2 Å². The van der Waals surface area contributed by atoms with Crippen LogP contribution >= 0.6 is 0 Å². The Morgan fingerprint density at radius 1 is 1.22 bits per heavy atom. The summed E-state index contributed by atoms with van der Waals surface area (Å²) in [5.41, 5.74) is 1.61. The molecule has 5 heteroatoms. The lowest BCUT2D eigenvalue weighted by atomic mass is 9.91. The zero-order valence-corrected chi connectivity index (χ0v) is 13.8. The fourth-order valence-corrected chi connectivity index (χ4v) is 2.41. The molecule has 0 saturated heterocycles. The average Bonchev–Trinajstić information content (AvgIpc) is 2.55. The van der Waals surface area contributed by atoms with E-state index in [0.717, 1.165) is 24.7 Å². The van der Waals surface area contributed by atoms with Gasteiger partial charge < -0.3 is 14.8 Å². The highest BCUT2D eigenvalue weighted by atomic mass is 16.5. The molecule has 0 radical (unpaired) electrons. The molecule has 0 bridgehead atoms. The molecule has 1 N–H and O–H groups in total. The molecule has 0 aliphatic rings. The summed E-state index contributed by atoms with van der Waals surface area (Å²) in [6.45, 7) is 4.43. The van der Waals surface area contributed by atoms with Crippen LogP contribution in [0.25, 0.3) is 0 Å². The van der Waals surface area contributed by atoms with Crippen molar-refractivity contribution in [3.63, 3.8) is 0 Å². The molecule has 1 aromatic carbocycles. The Balaban J connectivity index is 2.56. The minimum atomic E-state index is -0.320. The first-order valence-corrected chi connectivity index (χ1v) is 8.09. The number of aldehydes is 1. The topological polar surface area (TPSA) is 72.5 Å². The summed E-state index contributed by atoms with van der Waals surface area (Å²) in [7, 11) is 0. The lowest BCUT2D eigenvalue weighted by Gasteiger charge is -2.14. The highest BCUT2D eigenvalue weighted by molar-refractivity contribution is 5.94. The van der Waals surface area contributed by atoms with E-state index in [4.69, 9.17) is 4.74 Å². The summed E-state index contributed by atoms with van der Waals surface area (Å²) in [6.07, 6.45) is 3.56. The first kappa shape index (κ1) is 18.9. The van der Waals surface area contributed by atoms with Gasteiger partial charge in [-0.15, -0.1) is 0 Å². The minimum absolute atomic E-state index is 0.162. The SMILES string of the molecule is CCC[C@H](CC=O)c1ccc(C(=O)NCCC(=O)OCC)cc1. The van der Waals surface area contributed by atoms with Gasteiger partial charge in [0.25, 0.3) is 5.91 Å². The number of rotatable bonds is 10. The van der Waals surface area contributed by atoms with E-state index in [0.29, 0.717) is 18.6 Å². The summed E-state index contributed by atoms with van der Waals surface area (Å²) >= 11 is 0. The third-order valence-electron chi connectivity index (χ3n) is 3.58. The quantitative estimate of drug-likeness (QED) is 0.532. The number of esters is 1. The molecule has 1 atom stereocenters. The maximum Gasteiger partial charge on any atom is 0.307 e. The van der Waals surface area contributed by atoms with Crippen LogP contribution in [0.5, 0.6) is 0 Å². The maximum absolute atomic E-state index is 12.0. The number of carbonyl (C=O) groups is 3. The highest BCUT2D eigenvalue weighted by Gasteiger charge is 2.12. The second kappa shape index (κ2) is 10.5. The van der Waals surface area contributed by atoms with Crippen molar-refractivity contribution in [1.29, 1.82) is 0 Å². The highest BCUT2D eigenvalue weighted by Crippen LogP contribution is 2.24. The van der Waals surface area contributed by atoms with Crippen LogP contribution in [-0.4, -0.2) is 31.3 Å². The van der Waals surface area contributed by atoms with Crippen LogP contribution in [0.4, 0.5) is 0 Å². The van der Waals surface area contributed by atoms with Crippen LogP contribution in [0.2, 0.25) is 0 Å². The third-order valence-corrected chi connectivity index (χ3v) is 3.58. The number of hydrogen-bond acceptors (Lipinski definition) is 4. The van der Waals surface area contributed by atoms with E-state index in [1.807, 2.05) is 12.1 Å². The van der Waals surface area contributed by atoms with Gasteiger partial charge in [0.2, 0.25) is 0 Å². The van der Waals surface area contributed by atoms with Gasteiger partial charge in [0.15, 0.2) is 0 Å². The molecule has 0 saturated carbocycles. The maximum atomic E-state index is 12.0. The van der Waals surface area contributed by atoms with Crippen molar-refractivity contribution < 1.29 is 19.1 Å². The first-order chi connectivity index (χ1) is 11.1. The molecule has 0 aliphatic carbocycles. The number of ether oxygens (including phenoxy) is 1. The van der Waals surface area contributed by atoms with Crippen LogP contribution in [-0.2, 0) is 14.3 Å². The van der Waals surface area contributed by atoms with Crippen LogP contribution in [0, 0.1) is 0 Å². The molecule has 0 aromatic heterocycles. The number of nitrogens with one attached hydrogen (secondary N) is 1. The van der Waals surface area contributed by atoms with E-state index in [1.165, 1.54) is 0 Å². The molecule has 1 aromatic rings. The average molecular weight is 319 g/mol. The van der Waals surface area contributed by atoms with E-state index < -0.39 is 0 Å². The van der Waals surface area contributed by atoms with Gasteiger partial charge >= 0.3 is 5.97 Å². The molecule has 0 unspecified atom stereocenters. The van der Waals surface area contributed by atoms with E-state index in [9.17, 15) is 14.4 Å². The molecule has 0 heterocycles. The van der Waals surface area contributed by atoms with Crippen molar-refractivity contribution in [2.75, 3.05) is 13.2 Å². The van der Waals surface area contributed by atoms with Gasteiger partial charge in [-0.3, -0.25) is 9.59 Å². The number of hydrogen-bond donors (Lipinski definition) is 1. The number of carbonyl (C=O) groups excluding carboxylic acids is 3. The summed E-state index contributed by atoms with van der Waals surface area (Å²) in [5, 5.41) is 2.69. The lowest BCUT2D eigenvalue weighted by molar-refractivity contribution is -0.142. The van der Waals surface area contributed by atoms with E-state index in [-0.39, 0.29) is 30.8 Å². The monoisotopic (exact) mass is 319 g/mol. The van der Waals surface area contributed by atoms with Gasteiger partial charge in [0.1, 0.15) is 6.29 Å². The van der Waals surface area contributed by atoms with Gasteiger partial charge in [-0.05, 0) is 37.0 Å². The Labute approximate surface area is 137 Å². The second-order valence-electron chi connectivity index (χ2n) is 5.32. The van der Waals surface area contributed by atoms with Crippen molar-refractivity contribution >= 4 is 18.2 Å². The fourth-order valence-electron chi connectivity index (χ4n) is 2.41. The molecule has 5 nitrogen and oxygen atoms in total. The molecule has 0 fully saturated rings. The summed E-state index contributed by atoms with van der Waals surface area (Å²) < 4.78 is 4.80. The minimum Gasteiger partial charge on any atom is -0.466 e. The van der Waals surface area contributed by atoms with Crippen LogP contribution in [0.1, 0.15) is 61.4 Å². The molecule has 1 amide bonds. The number of amides is 1. The summed E-state index contributed by atoms with van der Waals surface area (Å²) in [4.78, 5) is 34.0. The van der Waals surface area contributed by atoms with Gasteiger partial charge in [-0.25, -0.2) is 0 Å². The first-order valence-electron chi connectivity index (χ1n) is 8.09. The molecule has 23 heavy (non-hydrogen) atoms. The van der Waals surface area contributed by atoms with Crippen molar-refractivity contribution in [3.05, 3.63) is 35.4 Å². The third kappa shape index (κ3) is 6.63. The predicted molar refractivity (Wildman–Crippen MR) is 88.4 cm³/mol. The van der Waals surface area contributed by atoms with E-state index >= 15 is 0 Å². The molecule has 0 aliphatic heterocycles. The van der Waals surface area contributed by atoms with Gasteiger partial charge in [-0.2, -0.15) is 0 Å². The summed E-state index contributed by atoms with van der Waals surface area (Å²) in [6, 6.07) is 7.29. The molecular formula is C18H25NO4. The van der Waals surface area contributed by atoms with Gasteiger partial charge in [0.05, 0.1) is 13.0 Å². The molecule has 126 valence electrons. The summed E-state index contributed by atoms with van der Waals surface area (Å²) in [5.74, 6) is -0.332. The standard InChI is InChI=1S/C18H25NO4/c1-3-5-14(11-13-20)15-6-8-16(9-7-15)18(22)19-12-10-17(21)23-4-2/h6-9,13-14H,3-5,10-12H2,1-2H3,(H,19,22)/t14-/m1/s1. The number of benzene rings is 1. The molecular weight excluding hydrogens is 294 g/mol. The van der Waals surface area contributed by atoms with Crippen LogP contribution < -0.4 is 5.32 Å². The normalized spacial score (nSPS) is 11.6. The molecule has 1 rings (SSSR count). The van der Waals surface area contributed by atoms with Crippen LogP contribution in [0.15, 0.2) is 24.3 Å². The van der Waals surface area contributed by atoms with E-state index in [1.54, 1.807) is 19.1 Å². The zero-order chi connectivity index (χ0) is 17.1. The Morgan fingerprint density at radius 3 is 2.48 bits per heavy atom.